The maximum atomic E-state index is 5.45. The number of piperazine rings is 1. The highest BCUT2D eigenvalue weighted by Gasteiger charge is 2.20. The van der Waals surface area contributed by atoms with Gasteiger partial charge in [0.1, 0.15) is 0 Å². The third-order valence-electron chi connectivity index (χ3n) is 5.02. The lowest BCUT2D eigenvalue weighted by atomic mass is 10.2. The molecule has 2 aromatic carbocycles. The van der Waals surface area contributed by atoms with Gasteiger partial charge in [0.15, 0.2) is 17.5 Å². The van der Waals surface area contributed by atoms with Crippen LogP contribution in [0.25, 0.3) is 0 Å². The van der Waals surface area contributed by atoms with Gasteiger partial charge in [-0.3, -0.25) is 9.89 Å². The molecule has 6 nitrogen and oxygen atoms in total. The number of guanidine groups is 1. The van der Waals surface area contributed by atoms with Gasteiger partial charge in [-0.15, -0.1) is 0 Å². The van der Waals surface area contributed by atoms with E-state index in [9.17, 15) is 0 Å². The van der Waals surface area contributed by atoms with E-state index < -0.39 is 0 Å². The number of hydrogen-bond acceptors (Lipinski definition) is 4. The molecule has 2 aliphatic heterocycles. The van der Waals surface area contributed by atoms with Crippen LogP contribution in [-0.2, 0) is 13.1 Å². The maximum Gasteiger partial charge on any atom is 0.231 e. The van der Waals surface area contributed by atoms with Crippen LogP contribution in [0.3, 0.4) is 0 Å². The van der Waals surface area contributed by atoms with Crippen LogP contribution in [-0.4, -0.2) is 55.8 Å². The van der Waals surface area contributed by atoms with Crippen LogP contribution in [0.2, 0.25) is 0 Å². The molecule has 1 saturated heterocycles. The minimum atomic E-state index is 0.307. The van der Waals surface area contributed by atoms with E-state index in [1.807, 2.05) is 19.2 Å². The van der Waals surface area contributed by atoms with Crippen molar-refractivity contribution in [1.29, 1.82) is 0 Å². The zero-order chi connectivity index (χ0) is 18.5. The summed E-state index contributed by atoms with van der Waals surface area (Å²) in [6.45, 7) is 6.08. The Kier molecular flexibility index (Phi) is 5.44. The van der Waals surface area contributed by atoms with E-state index in [0.29, 0.717) is 13.3 Å². The van der Waals surface area contributed by atoms with Crippen LogP contribution in [0.1, 0.15) is 11.1 Å². The van der Waals surface area contributed by atoms with Crippen molar-refractivity contribution in [1.82, 2.24) is 15.1 Å². The molecule has 2 aliphatic rings. The second-order valence-corrected chi connectivity index (χ2v) is 6.84. The minimum absolute atomic E-state index is 0.307. The van der Waals surface area contributed by atoms with E-state index in [-0.39, 0.29) is 0 Å². The lowest BCUT2D eigenvalue weighted by molar-refractivity contribution is 0.172. The molecule has 0 aliphatic carbocycles. The molecule has 0 saturated carbocycles. The Morgan fingerprint density at radius 1 is 0.963 bits per heavy atom. The van der Waals surface area contributed by atoms with Crippen molar-refractivity contribution >= 4 is 5.96 Å². The van der Waals surface area contributed by atoms with E-state index in [1.54, 1.807) is 0 Å². The standard InChI is InChI=1S/C21H26N4O2/c1-22-21(23-14-18-7-8-19-20(13-18)27-16-26-19)25-11-9-24(10-12-25)15-17-5-3-2-4-6-17/h2-8,13H,9-12,14-16H2,1H3,(H,22,23). The van der Waals surface area contributed by atoms with Gasteiger partial charge >= 0.3 is 0 Å². The fraction of sp³-hybridized carbons (Fsp3) is 0.381. The van der Waals surface area contributed by atoms with E-state index >= 15 is 0 Å². The van der Waals surface area contributed by atoms with Gasteiger partial charge in [0, 0.05) is 46.3 Å². The van der Waals surface area contributed by atoms with Crippen molar-refractivity contribution in [3.05, 3.63) is 59.7 Å². The predicted molar refractivity (Wildman–Crippen MR) is 106 cm³/mol. The smallest absolute Gasteiger partial charge is 0.231 e. The van der Waals surface area contributed by atoms with E-state index in [4.69, 9.17) is 9.47 Å². The molecule has 0 unspecified atom stereocenters. The molecule has 4 rings (SSSR count). The lowest BCUT2D eigenvalue weighted by Crippen LogP contribution is -2.52. The normalized spacial score (nSPS) is 17.2. The molecule has 2 aromatic rings. The zero-order valence-corrected chi connectivity index (χ0v) is 15.7. The van der Waals surface area contributed by atoms with Gasteiger partial charge in [-0.05, 0) is 23.3 Å². The highest BCUT2D eigenvalue weighted by molar-refractivity contribution is 5.80. The van der Waals surface area contributed by atoms with Gasteiger partial charge in [0.2, 0.25) is 6.79 Å². The molecule has 0 atom stereocenters. The Bertz CT molecular complexity index is 786. The third-order valence-corrected chi connectivity index (χ3v) is 5.02. The highest BCUT2D eigenvalue weighted by atomic mass is 16.7. The first-order chi connectivity index (χ1) is 13.3. The monoisotopic (exact) mass is 366 g/mol. The number of ether oxygens (including phenoxy) is 2. The Labute approximate surface area is 160 Å². The number of fused-ring (bicyclic) bond motifs is 1. The molecule has 0 amide bonds. The fourth-order valence-corrected chi connectivity index (χ4v) is 3.52. The molecule has 6 heteroatoms. The van der Waals surface area contributed by atoms with E-state index in [0.717, 1.165) is 55.7 Å². The van der Waals surface area contributed by atoms with Crippen molar-refractivity contribution in [2.45, 2.75) is 13.1 Å². The summed E-state index contributed by atoms with van der Waals surface area (Å²) in [5.41, 5.74) is 2.53. The largest absolute Gasteiger partial charge is 0.454 e. The first-order valence-electron chi connectivity index (χ1n) is 9.42. The maximum absolute atomic E-state index is 5.45. The molecular formula is C21H26N4O2. The average molecular weight is 366 g/mol. The van der Waals surface area contributed by atoms with E-state index in [2.05, 4.69) is 56.5 Å². The first-order valence-corrected chi connectivity index (χ1v) is 9.42. The first kappa shape index (κ1) is 17.7. The molecule has 2 heterocycles. The van der Waals surface area contributed by atoms with Crippen molar-refractivity contribution in [2.24, 2.45) is 4.99 Å². The van der Waals surface area contributed by atoms with E-state index in [1.165, 1.54) is 5.56 Å². The molecule has 1 N–H and O–H groups in total. The molecule has 0 radical (unpaired) electrons. The third kappa shape index (κ3) is 4.34. The van der Waals surface area contributed by atoms with Crippen molar-refractivity contribution < 1.29 is 9.47 Å². The quantitative estimate of drug-likeness (QED) is 0.665. The predicted octanol–water partition coefficient (Wildman–Crippen LogP) is 2.31. The Hall–Kier alpha value is -2.73. The van der Waals surface area contributed by atoms with Crippen molar-refractivity contribution in [2.75, 3.05) is 40.0 Å². The number of hydrogen-bond donors (Lipinski definition) is 1. The van der Waals surface area contributed by atoms with Gasteiger partial charge in [-0.2, -0.15) is 0 Å². The van der Waals surface area contributed by atoms with Crippen LogP contribution < -0.4 is 14.8 Å². The Morgan fingerprint density at radius 3 is 2.52 bits per heavy atom. The van der Waals surface area contributed by atoms with Crippen molar-refractivity contribution in [3.8, 4) is 11.5 Å². The van der Waals surface area contributed by atoms with Crippen molar-refractivity contribution in [3.63, 3.8) is 0 Å². The SMILES string of the molecule is CN=C(NCc1ccc2c(c1)OCO2)N1CCN(Cc2ccccc2)CC1. The summed E-state index contributed by atoms with van der Waals surface area (Å²) in [6, 6.07) is 16.7. The molecule has 0 aromatic heterocycles. The number of nitrogens with one attached hydrogen (secondary N) is 1. The number of nitrogens with zero attached hydrogens (tertiary/aromatic N) is 3. The second-order valence-electron chi connectivity index (χ2n) is 6.84. The van der Waals surface area contributed by atoms with Crippen LogP contribution in [0.15, 0.2) is 53.5 Å². The summed E-state index contributed by atoms with van der Waals surface area (Å²) in [5, 5.41) is 3.47. The van der Waals surface area contributed by atoms with Crippen LogP contribution in [0, 0.1) is 0 Å². The van der Waals surface area contributed by atoms with Crippen LogP contribution >= 0.6 is 0 Å². The highest BCUT2D eigenvalue weighted by Crippen LogP contribution is 2.32. The summed E-state index contributed by atoms with van der Waals surface area (Å²) in [7, 11) is 1.85. The fourth-order valence-electron chi connectivity index (χ4n) is 3.52. The minimum Gasteiger partial charge on any atom is -0.454 e. The molecule has 0 spiro atoms. The summed E-state index contributed by atoms with van der Waals surface area (Å²) >= 11 is 0. The van der Waals surface area contributed by atoms with Gasteiger partial charge in [0.25, 0.3) is 0 Å². The molecule has 0 bridgehead atoms. The number of aliphatic imine (C=N–C) groups is 1. The summed E-state index contributed by atoms with van der Waals surface area (Å²) < 4.78 is 10.8. The van der Waals surface area contributed by atoms with Crippen LogP contribution in [0.5, 0.6) is 11.5 Å². The number of benzene rings is 2. The lowest BCUT2D eigenvalue weighted by Gasteiger charge is -2.36. The van der Waals surface area contributed by atoms with Gasteiger partial charge < -0.3 is 19.7 Å². The van der Waals surface area contributed by atoms with Crippen LogP contribution in [0.4, 0.5) is 0 Å². The van der Waals surface area contributed by atoms with Gasteiger partial charge in [-0.1, -0.05) is 36.4 Å². The van der Waals surface area contributed by atoms with Gasteiger partial charge in [-0.25, -0.2) is 0 Å². The second kappa shape index (κ2) is 8.31. The summed E-state index contributed by atoms with van der Waals surface area (Å²) in [4.78, 5) is 9.29. The topological polar surface area (TPSA) is 49.3 Å². The zero-order valence-electron chi connectivity index (χ0n) is 15.7. The molecule has 27 heavy (non-hydrogen) atoms. The number of rotatable bonds is 4. The average Bonchev–Trinajstić information content (AvgIpc) is 3.18. The summed E-state index contributed by atoms with van der Waals surface area (Å²) in [6.07, 6.45) is 0. The Balaban J connectivity index is 1.28. The summed E-state index contributed by atoms with van der Waals surface area (Å²) in [5.74, 6) is 2.59. The molecule has 1 fully saturated rings. The Morgan fingerprint density at radius 2 is 1.74 bits per heavy atom. The molecule has 142 valence electrons. The molecular weight excluding hydrogens is 340 g/mol. The van der Waals surface area contributed by atoms with Gasteiger partial charge in [0.05, 0.1) is 0 Å².